The maximum atomic E-state index is 12.4. The number of hydrogen-bond donors (Lipinski definition) is 1. The summed E-state index contributed by atoms with van der Waals surface area (Å²) in [5.41, 5.74) is 1.05. The lowest BCUT2D eigenvalue weighted by atomic mass is 9.59. The number of aliphatic hydroxyl groups excluding tert-OH is 1. The number of nitrogens with zero attached hydrogens (tertiary/aromatic N) is 1. The smallest absolute Gasteiger partial charge is 0.234 e. The molecule has 3 nitrogen and oxygen atoms in total. The zero-order chi connectivity index (χ0) is 12.2. The van der Waals surface area contributed by atoms with Gasteiger partial charge in [-0.05, 0) is 24.0 Å². The highest BCUT2D eigenvalue weighted by atomic mass is 35.5. The molecule has 0 radical (unpaired) electrons. The van der Waals surface area contributed by atoms with Crippen molar-refractivity contribution in [2.45, 2.75) is 29.9 Å². The van der Waals surface area contributed by atoms with Crippen LogP contribution in [0.4, 0.5) is 0 Å². The molecule has 90 valence electrons. The second-order valence-electron chi connectivity index (χ2n) is 4.98. The van der Waals surface area contributed by atoms with E-state index in [4.69, 9.17) is 11.6 Å². The second kappa shape index (κ2) is 3.47. The van der Waals surface area contributed by atoms with Crippen LogP contribution in [0.3, 0.4) is 0 Å². The lowest BCUT2D eigenvalue weighted by Crippen LogP contribution is -2.58. The minimum atomic E-state index is -0.532. The topological polar surface area (TPSA) is 40.5 Å². The van der Waals surface area contributed by atoms with Crippen molar-refractivity contribution in [3.05, 3.63) is 35.4 Å². The molecule has 2 aliphatic rings. The van der Waals surface area contributed by atoms with Gasteiger partial charge in [0.25, 0.3) is 0 Å². The molecule has 1 fully saturated rings. The minimum absolute atomic E-state index is 0.0292. The van der Waals surface area contributed by atoms with Gasteiger partial charge in [0.15, 0.2) is 0 Å². The molecule has 17 heavy (non-hydrogen) atoms. The van der Waals surface area contributed by atoms with Gasteiger partial charge < -0.3 is 10.0 Å². The molecule has 3 rings (SSSR count). The lowest BCUT2D eigenvalue weighted by molar-refractivity contribution is -0.147. The van der Waals surface area contributed by atoms with E-state index >= 15 is 0 Å². The molecule has 0 saturated heterocycles. The summed E-state index contributed by atoms with van der Waals surface area (Å²) < 4.78 is 0. The molecule has 1 aliphatic heterocycles. The summed E-state index contributed by atoms with van der Waals surface area (Å²) in [5.74, 6) is 0.0292. The summed E-state index contributed by atoms with van der Waals surface area (Å²) in [7, 11) is 1.72. The molecule has 4 heteroatoms. The summed E-state index contributed by atoms with van der Waals surface area (Å²) in [6.07, 6.45) is 0.653. The quantitative estimate of drug-likeness (QED) is 0.564. The molecule has 1 amide bonds. The average Bonchev–Trinajstić information content (AvgIpc) is 2.30. The number of alkyl halides is 1. The van der Waals surface area contributed by atoms with Crippen molar-refractivity contribution in [3.8, 4) is 0 Å². The van der Waals surface area contributed by atoms with Crippen LogP contribution in [-0.4, -0.2) is 29.1 Å². The van der Waals surface area contributed by atoms with Gasteiger partial charge in [0.1, 0.15) is 5.50 Å². The van der Waals surface area contributed by atoms with Crippen LogP contribution in [0.5, 0.6) is 0 Å². The summed E-state index contributed by atoms with van der Waals surface area (Å²) >= 11 is 6.28. The van der Waals surface area contributed by atoms with Gasteiger partial charge in [0, 0.05) is 7.05 Å². The Kier molecular flexibility index (Phi) is 2.25. The first-order valence-electron chi connectivity index (χ1n) is 5.75. The second-order valence-corrected chi connectivity index (χ2v) is 5.40. The third kappa shape index (κ3) is 1.30. The molecule has 1 N–H and O–H groups in total. The molecule has 1 aliphatic carbocycles. The van der Waals surface area contributed by atoms with E-state index in [1.165, 1.54) is 0 Å². The Bertz CT molecular complexity index is 482. The maximum Gasteiger partial charge on any atom is 0.234 e. The van der Waals surface area contributed by atoms with Crippen LogP contribution in [0.2, 0.25) is 0 Å². The van der Waals surface area contributed by atoms with E-state index in [0.29, 0.717) is 12.8 Å². The van der Waals surface area contributed by atoms with Gasteiger partial charge in [-0.15, -0.1) is 0 Å². The number of fused-ring (bicyclic) bond motifs is 2. The first kappa shape index (κ1) is 11.1. The predicted octanol–water partition coefficient (Wildman–Crippen LogP) is 1.79. The van der Waals surface area contributed by atoms with E-state index in [9.17, 15) is 9.90 Å². The van der Waals surface area contributed by atoms with Gasteiger partial charge in [-0.3, -0.25) is 4.79 Å². The van der Waals surface area contributed by atoms with Gasteiger partial charge in [-0.2, -0.15) is 0 Å². The third-order valence-corrected chi connectivity index (χ3v) is 4.50. The van der Waals surface area contributed by atoms with E-state index in [-0.39, 0.29) is 12.0 Å². The SMILES string of the molecule is CN1C(=O)C2(CC(O)C2)c2ccccc2C1Cl. The largest absolute Gasteiger partial charge is 0.393 e. The molecular weight excluding hydrogens is 238 g/mol. The minimum Gasteiger partial charge on any atom is -0.393 e. The van der Waals surface area contributed by atoms with Crippen LogP contribution >= 0.6 is 11.6 Å². The van der Waals surface area contributed by atoms with Gasteiger partial charge in [-0.25, -0.2) is 0 Å². The van der Waals surface area contributed by atoms with Gasteiger partial charge in [0.05, 0.1) is 11.5 Å². The average molecular weight is 252 g/mol. The fourth-order valence-electron chi connectivity index (χ4n) is 3.04. The van der Waals surface area contributed by atoms with Crippen LogP contribution in [0.1, 0.15) is 29.5 Å². The first-order valence-corrected chi connectivity index (χ1v) is 6.19. The molecule has 1 aromatic rings. The summed E-state index contributed by atoms with van der Waals surface area (Å²) in [5, 5.41) is 9.56. The number of amides is 1. The number of rotatable bonds is 0. The van der Waals surface area contributed by atoms with Crippen molar-refractivity contribution in [2.75, 3.05) is 7.05 Å². The molecule has 0 bridgehead atoms. The Morgan fingerprint density at radius 1 is 1.41 bits per heavy atom. The number of halogens is 1. The zero-order valence-corrected chi connectivity index (χ0v) is 10.3. The van der Waals surface area contributed by atoms with Crippen molar-refractivity contribution < 1.29 is 9.90 Å². The van der Waals surface area contributed by atoms with Crippen molar-refractivity contribution in [1.29, 1.82) is 0 Å². The molecule has 1 spiro atoms. The van der Waals surface area contributed by atoms with Crippen molar-refractivity contribution in [1.82, 2.24) is 4.90 Å². The summed E-state index contributed by atoms with van der Waals surface area (Å²) in [6.45, 7) is 0. The lowest BCUT2D eigenvalue weighted by Gasteiger charge is -2.51. The number of benzene rings is 1. The standard InChI is InChI=1S/C13H14ClNO2/c1-15-11(14)9-4-2-3-5-10(9)13(12(15)17)6-8(16)7-13/h2-5,8,11,16H,6-7H2,1H3. The van der Waals surface area contributed by atoms with Crippen LogP contribution in [0.15, 0.2) is 24.3 Å². The summed E-state index contributed by atoms with van der Waals surface area (Å²) in [4.78, 5) is 14.0. The first-order chi connectivity index (χ1) is 8.06. The Morgan fingerprint density at radius 2 is 2.06 bits per heavy atom. The van der Waals surface area contributed by atoms with Crippen LogP contribution < -0.4 is 0 Å². The fourth-order valence-corrected chi connectivity index (χ4v) is 3.32. The predicted molar refractivity (Wildman–Crippen MR) is 64.7 cm³/mol. The maximum absolute atomic E-state index is 12.4. The van der Waals surface area contributed by atoms with Gasteiger partial charge in [0.2, 0.25) is 5.91 Å². The van der Waals surface area contributed by atoms with Crippen molar-refractivity contribution in [2.24, 2.45) is 0 Å². The number of carbonyl (C=O) groups excluding carboxylic acids is 1. The highest BCUT2D eigenvalue weighted by Gasteiger charge is 2.56. The van der Waals surface area contributed by atoms with Crippen LogP contribution in [0.25, 0.3) is 0 Å². The Hall–Kier alpha value is -1.06. The van der Waals surface area contributed by atoms with E-state index in [2.05, 4.69) is 0 Å². The van der Waals surface area contributed by atoms with Gasteiger partial charge >= 0.3 is 0 Å². The number of likely N-dealkylation sites (N-methyl/N-ethyl adjacent to an activating group) is 1. The van der Waals surface area contributed by atoms with E-state index in [0.717, 1.165) is 11.1 Å². The molecule has 1 aromatic carbocycles. The van der Waals surface area contributed by atoms with E-state index < -0.39 is 10.9 Å². The number of carbonyl (C=O) groups is 1. The van der Waals surface area contributed by atoms with Crippen molar-refractivity contribution in [3.63, 3.8) is 0 Å². The Balaban J connectivity index is 2.17. The third-order valence-electron chi connectivity index (χ3n) is 3.97. The highest BCUT2D eigenvalue weighted by molar-refractivity contribution is 6.22. The van der Waals surface area contributed by atoms with Crippen molar-refractivity contribution >= 4 is 17.5 Å². The molecule has 1 atom stereocenters. The molecule has 1 heterocycles. The highest BCUT2D eigenvalue weighted by Crippen LogP contribution is 2.52. The number of hydrogen-bond acceptors (Lipinski definition) is 2. The molecule has 0 aromatic heterocycles. The van der Waals surface area contributed by atoms with E-state index in [1.54, 1.807) is 11.9 Å². The van der Waals surface area contributed by atoms with Crippen LogP contribution in [-0.2, 0) is 10.2 Å². The normalized spacial score (nSPS) is 35.7. The molecule has 1 unspecified atom stereocenters. The van der Waals surface area contributed by atoms with Crippen LogP contribution in [0, 0.1) is 0 Å². The fraction of sp³-hybridized carbons (Fsp3) is 0.462. The summed E-state index contributed by atoms with van der Waals surface area (Å²) in [6, 6.07) is 7.78. The Labute approximate surface area is 105 Å². The zero-order valence-electron chi connectivity index (χ0n) is 9.56. The van der Waals surface area contributed by atoms with Gasteiger partial charge in [-0.1, -0.05) is 35.9 Å². The van der Waals surface area contributed by atoms with E-state index in [1.807, 2.05) is 24.3 Å². The monoisotopic (exact) mass is 251 g/mol. The Morgan fingerprint density at radius 3 is 2.71 bits per heavy atom. The number of aliphatic hydroxyl groups is 1. The molecule has 1 saturated carbocycles. The molecular formula is C13H14ClNO2.